The molecule has 0 bridgehead atoms. The molecule has 0 radical (unpaired) electrons. The predicted octanol–water partition coefficient (Wildman–Crippen LogP) is 1.02. The molecule has 72 valence electrons. The van der Waals surface area contributed by atoms with E-state index in [1.165, 1.54) is 23.5 Å². The minimum absolute atomic E-state index is 0.0767. The topological polar surface area (TPSA) is 55.7 Å². The van der Waals surface area contributed by atoms with Gasteiger partial charge in [-0.15, -0.1) is 11.8 Å². The van der Waals surface area contributed by atoms with Crippen LogP contribution >= 0.6 is 11.8 Å². The molecule has 0 rings (SSSR count). The van der Waals surface area contributed by atoms with Gasteiger partial charge in [0.25, 0.3) is 0 Å². The smallest absolute Gasteiger partial charge is 0.343 e. The van der Waals surface area contributed by atoms with Crippen molar-refractivity contribution in [2.75, 3.05) is 12.9 Å². The molecule has 0 unspecified atom stereocenters. The van der Waals surface area contributed by atoms with Gasteiger partial charge in [-0.1, -0.05) is 0 Å². The molecule has 0 aliphatic rings. The number of carbonyl (C=O) groups excluding carboxylic acids is 2. The molecule has 0 atom stereocenters. The van der Waals surface area contributed by atoms with Gasteiger partial charge in [0, 0.05) is 6.20 Å². The number of esters is 1. The molecule has 5 heteroatoms. The summed E-state index contributed by atoms with van der Waals surface area (Å²) < 4.78 is 4.61. The van der Waals surface area contributed by atoms with E-state index in [-0.39, 0.29) is 12.2 Å². The van der Waals surface area contributed by atoms with Crippen molar-refractivity contribution in [3.63, 3.8) is 0 Å². The number of hydrogen-bond donors (Lipinski definition) is 0. The van der Waals surface area contributed by atoms with Crippen molar-refractivity contribution in [2.45, 2.75) is 6.92 Å². The maximum Gasteiger partial charge on any atom is 0.343 e. The van der Waals surface area contributed by atoms with Crippen molar-refractivity contribution in [1.29, 1.82) is 0 Å². The van der Waals surface area contributed by atoms with Crippen LogP contribution in [0.3, 0.4) is 0 Å². The number of rotatable bonds is 5. The Kier molecular flexibility index (Phi) is 6.91. The van der Waals surface area contributed by atoms with Crippen LogP contribution in [0.15, 0.2) is 16.8 Å². The van der Waals surface area contributed by atoms with Gasteiger partial charge in [0.2, 0.25) is 0 Å². The van der Waals surface area contributed by atoms with Gasteiger partial charge in [-0.05, 0) is 13.2 Å². The third-order valence-electron chi connectivity index (χ3n) is 1.02. The molecular formula is C8H11NO3S. The Bertz CT molecular complexity index is 236. The van der Waals surface area contributed by atoms with E-state index in [0.29, 0.717) is 6.29 Å². The summed E-state index contributed by atoms with van der Waals surface area (Å²) in [5.41, 5.74) is 1.44. The number of carbonyl (C=O) groups is 2. The average molecular weight is 201 g/mol. The summed E-state index contributed by atoms with van der Waals surface area (Å²) in [7, 11) is 0. The largest absolute Gasteiger partial charge is 0.462 e. The fraction of sp³-hybridized carbons (Fsp3) is 0.375. The maximum absolute atomic E-state index is 11.0. The van der Waals surface area contributed by atoms with E-state index >= 15 is 0 Å². The number of hydrogen-bond acceptors (Lipinski definition) is 5. The van der Waals surface area contributed by atoms with Gasteiger partial charge in [-0.2, -0.15) is 0 Å². The Morgan fingerprint density at radius 1 is 1.62 bits per heavy atom. The molecule has 0 aromatic rings. The SMILES string of the molecule is CCOC(=O)/C(C=O)=C/N=CSC. The lowest BCUT2D eigenvalue weighted by atomic mass is 10.3. The quantitative estimate of drug-likeness (QED) is 0.127. The first-order valence-electron chi connectivity index (χ1n) is 3.63. The second kappa shape index (κ2) is 7.54. The maximum atomic E-state index is 11.0. The van der Waals surface area contributed by atoms with Crippen LogP contribution in [0.25, 0.3) is 0 Å². The van der Waals surface area contributed by atoms with Crippen LogP contribution in [0.2, 0.25) is 0 Å². The highest BCUT2D eigenvalue weighted by molar-refractivity contribution is 8.11. The van der Waals surface area contributed by atoms with Crippen molar-refractivity contribution in [2.24, 2.45) is 4.99 Å². The summed E-state index contributed by atoms with van der Waals surface area (Å²) in [4.78, 5) is 25.0. The Morgan fingerprint density at radius 2 is 2.31 bits per heavy atom. The van der Waals surface area contributed by atoms with Crippen LogP contribution in [0, 0.1) is 0 Å². The molecule has 0 saturated heterocycles. The predicted molar refractivity (Wildman–Crippen MR) is 52.8 cm³/mol. The van der Waals surface area contributed by atoms with Gasteiger partial charge in [-0.25, -0.2) is 4.79 Å². The van der Waals surface area contributed by atoms with Crippen LogP contribution in [-0.4, -0.2) is 30.7 Å². The van der Waals surface area contributed by atoms with Gasteiger partial charge < -0.3 is 4.74 Å². The minimum Gasteiger partial charge on any atom is -0.462 e. The van der Waals surface area contributed by atoms with Gasteiger partial charge in [0.05, 0.1) is 12.2 Å². The lowest BCUT2D eigenvalue weighted by Gasteiger charge is -1.97. The van der Waals surface area contributed by atoms with E-state index in [0.717, 1.165) is 0 Å². The van der Waals surface area contributed by atoms with E-state index < -0.39 is 5.97 Å². The van der Waals surface area contributed by atoms with E-state index in [9.17, 15) is 9.59 Å². The molecule has 0 saturated carbocycles. The van der Waals surface area contributed by atoms with Crippen LogP contribution in [0.4, 0.5) is 0 Å². The fourth-order valence-corrected chi connectivity index (χ4v) is 0.700. The van der Waals surface area contributed by atoms with Gasteiger partial charge in [0.15, 0.2) is 6.29 Å². The lowest BCUT2D eigenvalue weighted by Crippen LogP contribution is -2.08. The zero-order chi connectivity index (χ0) is 10.1. The van der Waals surface area contributed by atoms with Crippen molar-refractivity contribution < 1.29 is 14.3 Å². The second-order valence-corrected chi connectivity index (χ2v) is 2.60. The number of ether oxygens (including phenoxy) is 1. The molecular weight excluding hydrogens is 190 g/mol. The summed E-state index contributed by atoms with van der Waals surface area (Å²) in [5, 5.41) is 0. The average Bonchev–Trinajstić information content (AvgIpc) is 2.13. The zero-order valence-corrected chi connectivity index (χ0v) is 8.34. The summed E-state index contributed by atoms with van der Waals surface area (Å²) in [6.07, 6.45) is 3.43. The molecule has 0 aromatic heterocycles. The highest BCUT2D eigenvalue weighted by Crippen LogP contribution is 1.95. The first-order chi connectivity index (χ1) is 6.26. The van der Waals surface area contributed by atoms with Crippen LogP contribution < -0.4 is 0 Å². The fourth-order valence-electron chi connectivity index (χ4n) is 0.517. The van der Waals surface area contributed by atoms with Crippen LogP contribution in [0.1, 0.15) is 6.92 Å². The Morgan fingerprint density at radius 3 is 2.77 bits per heavy atom. The number of aliphatic imine (C=N–C) groups is 1. The monoisotopic (exact) mass is 201 g/mol. The van der Waals surface area contributed by atoms with Crippen molar-refractivity contribution in [1.82, 2.24) is 0 Å². The third-order valence-corrected chi connectivity index (χ3v) is 1.35. The Balaban J connectivity index is 4.31. The van der Waals surface area contributed by atoms with E-state index in [1.54, 1.807) is 6.92 Å². The molecule has 0 spiro atoms. The minimum atomic E-state index is -0.643. The second-order valence-electron chi connectivity index (χ2n) is 1.91. The van der Waals surface area contributed by atoms with Crippen LogP contribution in [-0.2, 0) is 14.3 Å². The number of thioether (sulfide) groups is 1. The molecule has 0 N–H and O–H groups in total. The van der Waals surface area contributed by atoms with Gasteiger partial charge in [-0.3, -0.25) is 9.79 Å². The molecule has 13 heavy (non-hydrogen) atoms. The zero-order valence-electron chi connectivity index (χ0n) is 7.52. The van der Waals surface area contributed by atoms with Crippen LogP contribution in [0.5, 0.6) is 0 Å². The molecule has 0 heterocycles. The van der Waals surface area contributed by atoms with Crippen molar-refractivity contribution in [3.8, 4) is 0 Å². The lowest BCUT2D eigenvalue weighted by molar-refractivity contribution is -0.139. The molecule has 0 aliphatic carbocycles. The summed E-state index contributed by atoms with van der Waals surface area (Å²) in [5.74, 6) is -0.643. The van der Waals surface area contributed by atoms with E-state index in [1.807, 2.05) is 6.26 Å². The normalized spacial score (nSPS) is 11.7. The number of nitrogens with zero attached hydrogens (tertiary/aromatic N) is 1. The molecule has 0 fully saturated rings. The molecule has 4 nitrogen and oxygen atoms in total. The summed E-state index contributed by atoms with van der Waals surface area (Å²) in [6.45, 7) is 1.92. The van der Waals surface area contributed by atoms with E-state index in [4.69, 9.17) is 0 Å². The summed E-state index contributed by atoms with van der Waals surface area (Å²) in [6, 6.07) is 0. The van der Waals surface area contributed by atoms with E-state index in [2.05, 4.69) is 9.73 Å². The van der Waals surface area contributed by atoms with Gasteiger partial charge >= 0.3 is 5.97 Å². The first kappa shape index (κ1) is 11.9. The number of aldehydes is 1. The Labute approximate surface area is 81.1 Å². The Hall–Kier alpha value is -1.10. The third kappa shape index (κ3) is 5.19. The van der Waals surface area contributed by atoms with Crippen molar-refractivity contribution >= 4 is 29.6 Å². The molecule has 0 amide bonds. The van der Waals surface area contributed by atoms with Gasteiger partial charge in [0.1, 0.15) is 5.57 Å². The molecule has 0 aliphatic heterocycles. The first-order valence-corrected chi connectivity index (χ1v) is 4.92. The molecule has 0 aromatic carbocycles. The standard InChI is InChI=1S/C8H11NO3S/c1-3-12-8(11)7(5-10)4-9-6-13-2/h4-6H,3H2,1-2H3/b7-4+,9-6?. The highest BCUT2D eigenvalue weighted by atomic mass is 32.2. The highest BCUT2D eigenvalue weighted by Gasteiger charge is 2.07. The van der Waals surface area contributed by atoms with Crippen molar-refractivity contribution in [3.05, 3.63) is 11.8 Å². The summed E-state index contributed by atoms with van der Waals surface area (Å²) >= 11 is 1.37.